The van der Waals surface area contributed by atoms with Crippen molar-refractivity contribution in [2.45, 2.75) is 44.8 Å². The second-order valence-corrected chi connectivity index (χ2v) is 5.28. The van der Waals surface area contributed by atoms with Crippen LogP contribution in [0.15, 0.2) is 18.3 Å². The molecular weight excluding hydrogens is 264 g/mol. The quantitative estimate of drug-likeness (QED) is 0.618. The van der Waals surface area contributed by atoms with Gasteiger partial charge in [-0.05, 0) is 31.0 Å². The summed E-state index contributed by atoms with van der Waals surface area (Å²) in [7, 11) is 1.74. The average molecular weight is 288 g/mol. The van der Waals surface area contributed by atoms with Crippen molar-refractivity contribution in [1.29, 1.82) is 0 Å². The van der Waals surface area contributed by atoms with Crippen LogP contribution < -0.4 is 10.1 Å². The normalized spacial score (nSPS) is 20.3. The molecule has 0 radical (unpaired) electrons. The third kappa shape index (κ3) is 5.37. The molecule has 1 aromatic heterocycles. The number of methoxy groups -OCH3 is 1. The summed E-state index contributed by atoms with van der Waals surface area (Å²) in [6.45, 7) is 3.91. The van der Waals surface area contributed by atoms with E-state index in [1.807, 2.05) is 12.1 Å². The lowest BCUT2D eigenvalue weighted by atomic mass is 9.92. The van der Waals surface area contributed by atoms with Gasteiger partial charge in [0.1, 0.15) is 17.5 Å². The van der Waals surface area contributed by atoms with E-state index in [2.05, 4.69) is 29.1 Å². The zero-order valence-electron chi connectivity index (χ0n) is 12.9. The molecule has 0 amide bonds. The van der Waals surface area contributed by atoms with E-state index in [1.54, 1.807) is 13.3 Å². The predicted octanol–water partition coefficient (Wildman–Crippen LogP) is 2.38. The molecule has 1 heterocycles. The Bertz CT molecular complexity index is 470. The van der Waals surface area contributed by atoms with Crippen LogP contribution in [-0.4, -0.2) is 37.4 Å². The Morgan fingerprint density at radius 3 is 2.86 bits per heavy atom. The summed E-state index contributed by atoms with van der Waals surface area (Å²) >= 11 is 0. The molecule has 0 aromatic carbocycles. The highest BCUT2D eigenvalue weighted by Gasteiger charge is 2.30. The highest BCUT2D eigenvalue weighted by atomic mass is 16.5. The number of hydrogen-bond acceptors (Lipinski definition) is 4. The molecule has 1 aliphatic carbocycles. The molecule has 0 spiro atoms. The second kappa shape index (κ2) is 8.66. The molecule has 114 valence electrons. The fourth-order valence-corrected chi connectivity index (χ4v) is 2.11. The van der Waals surface area contributed by atoms with Crippen molar-refractivity contribution >= 4 is 0 Å². The minimum atomic E-state index is 0.261. The highest BCUT2D eigenvalue weighted by Crippen LogP contribution is 2.27. The van der Waals surface area contributed by atoms with Gasteiger partial charge in [-0.1, -0.05) is 19.3 Å². The lowest BCUT2D eigenvalue weighted by molar-refractivity contribution is -0.0382. The van der Waals surface area contributed by atoms with Crippen molar-refractivity contribution in [2.24, 2.45) is 0 Å². The molecule has 1 aromatic rings. The minimum Gasteiger partial charge on any atom is -0.489 e. The first kappa shape index (κ1) is 15.8. The fraction of sp³-hybridized carbons (Fsp3) is 0.588. The largest absolute Gasteiger partial charge is 0.489 e. The van der Waals surface area contributed by atoms with Gasteiger partial charge in [0.25, 0.3) is 0 Å². The average Bonchev–Trinajstić information content (AvgIpc) is 2.47. The maximum Gasteiger partial charge on any atom is 0.138 e. The van der Waals surface area contributed by atoms with Crippen LogP contribution in [0, 0.1) is 11.8 Å². The maximum absolute atomic E-state index is 5.80. The van der Waals surface area contributed by atoms with Gasteiger partial charge < -0.3 is 14.8 Å². The smallest absolute Gasteiger partial charge is 0.138 e. The molecule has 4 heteroatoms. The van der Waals surface area contributed by atoms with Crippen molar-refractivity contribution in [1.82, 2.24) is 10.3 Å². The Morgan fingerprint density at radius 1 is 1.33 bits per heavy atom. The Balaban J connectivity index is 1.71. The Morgan fingerprint density at radius 2 is 2.19 bits per heavy atom. The van der Waals surface area contributed by atoms with Crippen molar-refractivity contribution in [3.05, 3.63) is 24.0 Å². The summed E-state index contributed by atoms with van der Waals surface area (Å²) < 4.78 is 11.0. The summed E-state index contributed by atoms with van der Waals surface area (Å²) in [5, 5.41) is 3.28. The van der Waals surface area contributed by atoms with Gasteiger partial charge in [-0.15, -0.1) is 0 Å². The number of pyridine rings is 1. The molecule has 1 aliphatic rings. The Labute approximate surface area is 127 Å². The topological polar surface area (TPSA) is 43.4 Å². The monoisotopic (exact) mass is 288 g/mol. The van der Waals surface area contributed by atoms with Gasteiger partial charge in [-0.2, -0.15) is 0 Å². The van der Waals surface area contributed by atoms with Crippen LogP contribution in [0.1, 0.15) is 38.3 Å². The van der Waals surface area contributed by atoms with Crippen LogP contribution in [0.3, 0.4) is 0 Å². The van der Waals surface area contributed by atoms with Gasteiger partial charge in [0, 0.05) is 20.0 Å². The number of nitrogens with one attached hydrogen (secondary N) is 1. The summed E-state index contributed by atoms with van der Waals surface area (Å²) in [4.78, 5) is 4.31. The molecule has 0 unspecified atom stereocenters. The van der Waals surface area contributed by atoms with Crippen LogP contribution in [-0.2, 0) is 4.74 Å². The van der Waals surface area contributed by atoms with E-state index in [0.717, 1.165) is 30.8 Å². The van der Waals surface area contributed by atoms with Gasteiger partial charge in [0.2, 0.25) is 0 Å². The summed E-state index contributed by atoms with van der Waals surface area (Å²) in [6.07, 6.45) is 6.68. The molecule has 0 saturated heterocycles. The third-order valence-corrected chi connectivity index (χ3v) is 3.56. The zero-order valence-corrected chi connectivity index (χ0v) is 12.9. The van der Waals surface area contributed by atoms with E-state index in [0.29, 0.717) is 12.6 Å². The molecule has 2 rings (SSSR count). The number of unbranched alkanes of at least 4 members (excludes halogenated alkanes) is 1. The summed E-state index contributed by atoms with van der Waals surface area (Å²) in [5.41, 5.74) is 0.781. The van der Waals surface area contributed by atoms with Crippen LogP contribution in [0.4, 0.5) is 0 Å². The van der Waals surface area contributed by atoms with Crippen LogP contribution in [0.5, 0.6) is 5.75 Å². The first-order valence-electron chi connectivity index (χ1n) is 7.67. The van der Waals surface area contributed by atoms with Gasteiger partial charge in [0.05, 0.1) is 18.8 Å². The lowest BCUT2D eigenvalue weighted by Crippen LogP contribution is -2.38. The van der Waals surface area contributed by atoms with Crippen LogP contribution in [0.2, 0.25) is 0 Å². The van der Waals surface area contributed by atoms with E-state index in [4.69, 9.17) is 9.47 Å². The molecule has 1 N–H and O–H groups in total. The third-order valence-electron chi connectivity index (χ3n) is 3.56. The minimum absolute atomic E-state index is 0.261. The van der Waals surface area contributed by atoms with Gasteiger partial charge in [-0.3, -0.25) is 0 Å². The first-order chi connectivity index (χ1) is 10.3. The second-order valence-electron chi connectivity index (χ2n) is 5.28. The van der Waals surface area contributed by atoms with Crippen molar-refractivity contribution in [2.75, 3.05) is 20.2 Å². The number of hydrogen-bond donors (Lipinski definition) is 1. The number of ether oxygens (including phenoxy) is 2. The first-order valence-corrected chi connectivity index (χ1v) is 7.67. The molecular formula is C17H24N2O2. The molecule has 0 atom stereocenters. The molecule has 0 bridgehead atoms. The van der Waals surface area contributed by atoms with Crippen molar-refractivity contribution < 1.29 is 9.47 Å². The standard InChI is InChI=1S/C17H24N2O2/c1-3-4-9-18-10-5-6-14-7-8-15(13-19-14)21-17-11-16(12-17)20-2/h7-8,13,16-18H,3-4,9-12H2,1-2H3/t16-,17-. The molecule has 4 nitrogen and oxygen atoms in total. The summed E-state index contributed by atoms with van der Waals surface area (Å²) in [6, 6.07) is 3.84. The molecule has 21 heavy (non-hydrogen) atoms. The van der Waals surface area contributed by atoms with Crippen molar-refractivity contribution in [3.8, 4) is 17.6 Å². The van der Waals surface area contributed by atoms with E-state index in [1.165, 1.54) is 12.8 Å². The highest BCUT2D eigenvalue weighted by molar-refractivity contribution is 5.31. The van der Waals surface area contributed by atoms with E-state index in [-0.39, 0.29) is 6.10 Å². The lowest BCUT2D eigenvalue weighted by Gasteiger charge is -2.33. The Hall–Kier alpha value is -1.57. The van der Waals surface area contributed by atoms with Gasteiger partial charge >= 0.3 is 0 Å². The predicted molar refractivity (Wildman–Crippen MR) is 83.3 cm³/mol. The number of nitrogens with zero attached hydrogens (tertiary/aromatic N) is 1. The van der Waals surface area contributed by atoms with E-state index in [9.17, 15) is 0 Å². The number of aromatic nitrogens is 1. The van der Waals surface area contributed by atoms with Crippen LogP contribution in [0.25, 0.3) is 0 Å². The Kier molecular flexibility index (Phi) is 6.52. The fourth-order valence-electron chi connectivity index (χ4n) is 2.11. The molecule has 0 aliphatic heterocycles. The van der Waals surface area contributed by atoms with Crippen LogP contribution >= 0.6 is 0 Å². The maximum atomic E-state index is 5.80. The zero-order chi connectivity index (χ0) is 14.9. The SMILES string of the molecule is CCCCNCC#Cc1ccc(O[C@H]2C[C@H](OC)C2)cn1. The van der Waals surface area contributed by atoms with Gasteiger partial charge in [0.15, 0.2) is 0 Å². The summed E-state index contributed by atoms with van der Waals surface area (Å²) in [5.74, 6) is 6.93. The molecule has 1 saturated carbocycles. The van der Waals surface area contributed by atoms with E-state index < -0.39 is 0 Å². The van der Waals surface area contributed by atoms with Gasteiger partial charge in [-0.25, -0.2) is 4.98 Å². The van der Waals surface area contributed by atoms with Crippen molar-refractivity contribution in [3.63, 3.8) is 0 Å². The van der Waals surface area contributed by atoms with E-state index >= 15 is 0 Å². The number of rotatable bonds is 7. The molecule has 1 fully saturated rings.